The van der Waals surface area contributed by atoms with E-state index in [1.807, 2.05) is 54.8 Å². The zero-order valence-electron chi connectivity index (χ0n) is 14.8. The van der Waals surface area contributed by atoms with Gasteiger partial charge >= 0.3 is 0 Å². The van der Waals surface area contributed by atoms with Gasteiger partial charge in [-0.1, -0.05) is 35.9 Å². The minimum Gasteiger partial charge on any atom is -0.282 e. The third-order valence-corrected chi connectivity index (χ3v) is 6.10. The summed E-state index contributed by atoms with van der Waals surface area (Å²) in [5.41, 5.74) is 2.14. The molecule has 0 atom stereocenters. The smallest absolute Gasteiger partial charge is 0.282 e. The molecule has 2 aromatic carbocycles. The Labute approximate surface area is 176 Å². The lowest BCUT2D eigenvalue weighted by molar-refractivity contribution is -0.114. The van der Waals surface area contributed by atoms with Gasteiger partial charge in [0, 0.05) is 16.3 Å². The fourth-order valence-electron chi connectivity index (χ4n) is 2.75. The first kappa shape index (κ1) is 19.0. The number of nitrogens with zero attached hydrogens (tertiary/aromatic N) is 3. The summed E-state index contributed by atoms with van der Waals surface area (Å²) in [7, 11) is 0. The van der Waals surface area contributed by atoms with Gasteiger partial charge in [0.2, 0.25) is 5.17 Å². The van der Waals surface area contributed by atoms with Crippen LogP contribution in [0.5, 0.6) is 0 Å². The SMILES string of the molecule is CSc1ccc(/C=C2/C(=N)N3N=C(Cc4ccc(Cl)cc4)SC3=NC2=O)cc1. The number of amidine groups is 2. The van der Waals surface area contributed by atoms with Gasteiger partial charge in [0.05, 0.1) is 5.57 Å². The molecule has 4 rings (SSSR count). The maximum absolute atomic E-state index is 12.5. The van der Waals surface area contributed by atoms with Crippen molar-refractivity contribution >= 4 is 63.2 Å². The highest BCUT2D eigenvalue weighted by molar-refractivity contribution is 8.26. The molecule has 0 saturated heterocycles. The molecule has 2 aliphatic heterocycles. The number of hydrazone groups is 1. The predicted molar refractivity (Wildman–Crippen MR) is 118 cm³/mol. The summed E-state index contributed by atoms with van der Waals surface area (Å²) in [5.74, 6) is -0.372. The highest BCUT2D eigenvalue weighted by atomic mass is 35.5. The molecule has 2 aromatic rings. The molecular formula is C20H15ClN4OS2. The fourth-order valence-corrected chi connectivity index (χ4v) is 4.20. The average Bonchev–Trinajstić information content (AvgIpc) is 3.10. The normalized spacial score (nSPS) is 17.6. The van der Waals surface area contributed by atoms with Gasteiger partial charge in [-0.15, -0.1) is 11.8 Å². The van der Waals surface area contributed by atoms with E-state index in [0.29, 0.717) is 16.6 Å². The second-order valence-corrected chi connectivity index (χ2v) is 8.45. The summed E-state index contributed by atoms with van der Waals surface area (Å²) in [6.07, 6.45) is 4.29. The Balaban J connectivity index is 1.57. The summed E-state index contributed by atoms with van der Waals surface area (Å²) in [6, 6.07) is 15.3. The standard InChI is InChI=1S/C20H15ClN4OS2/c1-27-15-8-4-12(5-9-15)10-16-18(22)25-20(23-19(16)26)28-17(24-25)11-13-2-6-14(21)7-3-13/h2-10,22H,11H2,1H3/b16-10-,22-18?. The molecule has 1 amide bonds. The molecule has 28 heavy (non-hydrogen) atoms. The molecule has 0 saturated carbocycles. The lowest BCUT2D eigenvalue weighted by Crippen LogP contribution is -2.35. The molecule has 8 heteroatoms. The van der Waals surface area contributed by atoms with Crippen LogP contribution in [-0.4, -0.2) is 33.2 Å². The molecule has 0 aromatic heterocycles. The number of hydrogen-bond acceptors (Lipinski definition) is 5. The number of carbonyl (C=O) groups excluding carboxylic acids is 1. The van der Waals surface area contributed by atoms with E-state index < -0.39 is 5.91 Å². The summed E-state index contributed by atoms with van der Waals surface area (Å²) in [4.78, 5) is 17.7. The number of aliphatic imine (C=N–C) groups is 1. The third-order valence-electron chi connectivity index (χ3n) is 4.19. The predicted octanol–water partition coefficient (Wildman–Crippen LogP) is 4.92. The van der Waals surface area contributed by atoms with Crippen LogP contribution >= 0.6 is 35.1 Å². The highest BCUT2D eigenvalue weighted by Crippen LogP contribution is 2.30. The molecule has 0 bridgehead atoms. The van der Waals surface area contributed by atoms with Crippen molar-refractivity contribution in [1.82, 2.24) is 5.01 Å². The Bertz CT molecular complexity index is 1040. The van der Waals surface area contributed by atoms with Crippen molar-refractivity contribution in [3.05, 3.63) is 70.3 Å². The molecule has 1 N–H and O–H groups in total. The van der Waals surface area contributed by atoms with E-state index in [0.717, 1.165) is 21.1 Å². The van der Waals surface area contributed by atoms with E-state index >= 15 is 0 Å². The van der Waals surface area contributed by atoms with Crippen LogP contribution in [0.25, 0.3) is 6.08 Å². The van der Waals surface area contributed by atoms with Crippen LogP contribution in [-0.2, 0) is 11.2 Å². The Morgan fingerprint density at radius 2 is 1.89 bits per heavy atom. The maximum atomic E-state index is 12.5. The van der Waals surface area contributed by atoms with Crippen molar-refractivity contribution in [2.24, 2.45) is 10.1 Å². The molecule has 0 aliphatic carbocycles. The molecule has 140 valence electrons. The van der Waals surface area contributed by atoms with Gasteiger partial charge in [-0.05, 0) is 59.5 Å². The first-order valence-electron chi connectivity index (χ1n) is 8.41. The number of nitrogens with one attached hydrogen (secondary N) is 1. The van der Waals surface area contributed by atoms with E-state index in [9.17, 15) is 4.79 Å². The largest absolute Gasteiger partial charge is 0.283 e. The molecule has 2 heterocycles. The van der Waals surface area contributed by atoms with Crippen LogP contribution in [0.4, 0.5) is 0 Å². The highest BCUT2D eigenvalue weighted by Gasteiger charge is 2.35. The number of rotatable bonds is 4. The number of halogens is 1. The van der Waals surface area contributed by atoms with Crippen LogP contribution in [0.3, 0.4) is 0 Å². The van der Waals surface area contributed by atoms with Crippen molar-refractivity contribution in [3.63, 3.8) is 0 Å². The van der Waals surface area contributed by atoms with Crippen molar-refractivity contribution < 1.29 is 4.79 Å². The Morgan fingerprint density at radius 1 is 1.18 bits per heavy atom. The van der Waals surface area contributed by atoms with Gasteiger partial charge in [0.15, 0.2) is 5.84 Å². The molecule has 0 radical (unpaired) electrons. The van der Waals surface area contributed by atoms with E-state index in [2.05, 4.69) is 10.1 Å². The summed E-state index contributed by atoms with van der Waals surface area (Å²) in [5, 5.41) is 16.3. The Morgan fingerprint density at radius 3 is 2.57 bits per heavy atom. The lowest BCUT2D eigenvalue weighted by Gasteiger charge is -2.20. The zero-order chi connectivity index (χ0) is 19.7. The van der Waals surface area contributed by atoms with Gasteiger partial charge in [0.25, 0.3) is 5.91 Å². The number of benzene rings is 2. The third kappa shape index (κ3) is 3.92. The van der Waals surface area contributed by atoms with Gasteiger partial charge in [-0.2, -0.15) is 15.1 Å². The first-order chi connectivity index (χ1) is 13.5. The van der Waals surface area contributed by atoms with Gasteiger partial charge in [-0.25, -0.2) is 0 Å². The summed E-state index contributed by atoms with van der Waals surface area (Å²) >= 11 is 8.89. The van der Waals surface area contributed by atoms with Crippen LogP contribution in [0.15, 0.2) is 69.1 Å². The second kappa shape index (κ2) is 7.95. The molecule has 0 unspecified atom stereocenters. The minimum absolute atomic E-state index is 0.0440. The Hall–Kier alpha value is -2.35. The summed E-state index contributed by atoms with van der Waals surface area (Å²) in [6.45, 7) is 0. The monoisotopic (exact) mass is 426 g/mol. The van der Waals surface area contributed by atoms with Crippen molar-refractivity contribution in [2.75, 3.05) is 6.26 Å². The van der Waals surface area contributed by atoms with E-state index in [1.54, 1.807) is 17.8 Å². The number of thioether (sulfide) groups is 2. The van der Waals surface area contributed by atoms with Gasteiger partial charge in [0.1, 0.15) is 5.04 Å². The number of amides is 1. The van der Waals surface area contributed by atoms with Crippen LogP contribution in [0.2, 0.25) is 5.02 Å². The molecule has 0 spiro atoms. The van der Waals surface area contributed by atoms with Gasteiger partial charge in [-0.3, -0.25) is 10.2 Å². The van der Waals surface area contributed by atoms with Crippen LogP contribution in [0, 0.1) is 5.41 Å². The van der Waals surface area contributed by atoms with Gasteiger partial charge < -0.3 is 0 Å². The van der Waals surface area contributed by atoms with Crippen molar-refractivity contribution in [2.45, 2.75) is 11.3 Å². The van der Waals surface area contributed by atoms with Crippen LogP contribution in [0.1, 0.15) is 11.1 Å². The number of fused-ring (bicyclic) bond motifs is 1. The van der Waals surface area contributed by atoms with E-state index in [4.69, 9.17) is 17.0 Å². The van der Waals surface area contributed by atoms with E-state index in [-0.39, 0.29) is 11.4 Å². The van der Waals surface area contributed by atoms with Crippen molar-refractivity contribution in [1.29, 1.82) is 5.41 Å². The molecule has 0 fully saturated rings. The second-order valence-electron chi connectivity index (χ2n) is 6.09. The maximum Gasteiger partial charge on any atom is 0.283 e. The zero-order valence-corrected chi connectivity index (χ0v) is 17.2. The molecule has 5 nitrogen and oxygen atoms in total. The first-order valence-corrected chi connectivity index (χ1v) is 10.8. The summed E-state index contributed by atoms with van der Waals surface area (Å²) < 4.78 is 0. The average molecular weight is 427 g/mol. The lowest BCUT2D eigenvalue weighted by atomic mass is 10.1. The van der Waals surface area contributed by atoms with E-state index in [1.165, 1.54) is 16.8 Å². The van der Waals surface area contributed by atoms with Crippen molar-refractivity contribution in [3.8, 4) is 0 Å². The number of hydrogen-bond donors (Lipinski definition) is 1. The quantitative estimate of drug-likeness (QED) is 0.556. The number of carbonyl (C=O) groups is 1. The Kier molecular flexibility index (Phi) is 5.39. The van der Waals surface area contributed by atoms with Crippen LogP contribution < -0.4 is 0 Å². The topological polar surface area (TPSA) is 68.9 Å². The fraction of sp³-hybridized carbons (Fsp3) is 0.100. The molecule has 2 aliphatic rings. The minimum atomic E-state index is -0.416. The molecular weight excluding hydrogens is 412 g/mol.